The van der Waals surface area contributed by atoms with Crippen LogP contribution in [0.4, 0.5) is 0 Å². The van der Waals surface area contributed by atoms with Crippen molar-refractivity contribution in [3.05, 3.63) is 85.1 Å². The Kier molecular flexibility index (Phi) is 47.6. The van der Waals surface area contributed by atoms with Crippen molar-refractivity contribution in [3.63, 3.8) is 0 Å². The summed E-state index contributed by atoms with van der Waals surface area (Å²) in [4.78, 5) is 48.3. The van der Waals surface area contributed by atoms with Crippen LogP contribution in [0.1, 0.15) is 213 Å². The first-order chi connectivity index (χ1) is 33.2. The molecule has 390 valence electrons. The van der Waals surface area contributed by atoms with Crippen LogP contribution in [0.25, 0.3) is 0 Å². The second kappa shape index (κ2) is 50.1. The summed E-state index contributed by atoms with van der Waals surface area (Å²) in [6, 6.07) is 0. The van der Waals surface area contributed by atoms with Gasteiger partial charge in [0.05, 0.1) is 19.8 Å². The molecule has 2 N–H and O–H groups in total. The maximum Gasteiger partial charge on any atom is 0.472 e. The molecule has 0 aliphatic rings. The Morgan fingerprint density at radius 1 is 0.426 bits per heavy atom. The van der Waals surface area contributed by atoms with Gasteiger partial charge in [0.2, 0.25) is 0 Å². The smallest absolute Gasteiger partial charge is 0.462 e. The standard InChI is InChI=1S/C56H95O11P/c1-4-7-10-13-16-19-22-25-26-29-30-33-36-39-42-45-54(58)63-49-53(67-56(60)47-44-41-38-35-32-28-24-21-18-15-12-9-6-3)51-65-68(61,62)64-50-52(48-57)66-55(59)46-43-40-37-34-31-27-23-20-17-14-11-8-5-2/h7,10,12,15-16,19-21,23-26,30,33,52-53,57H,4-6,8-9,11,13-14,17-18,22,27-29,31-32,34-51H2,1-3H3,(H,61,62)/b10-7-,15-12-,19-16-,23-20-,24-21-,26-25-,33-30-. The van der Waals surface area contributed by atoms with Crippen LogP contribution in [0.5, 0.6) is 0 Å². The Hall–Kier alpha value is -3.34. The number of carbonyl (C=O) groups is 3. The number of ether oxygens (including phenoxy) is 3. The molecule has 0 bridgehead atoms. The Morgan fingerprint density at radius 3 is 1.28 bits per heavy atom. The minimum absolute atomic E-state index is 0.138. The molecule has 0 amide bonds. The second-order valence-corrected chi connectivity index (χ2v) is 18.8. The molecule has 0 saturated heterocycles. The average Bonchev–Trinajstić information content (AvgIpc) is 3.32. The van der Waals surface area contributed by atoms with E-state index >= 15 is 0 Å². The Labute approximate surface area is 413 Å². The van der Waals surface area contributed by atoms with Crippen LogP contribution in [0.3, 0.4) is 0 Å². The Morgan fingerprint density at radius 2 is 0.794 bits per heavy atom. The van der Waals surface area contributed by atoms with E-state index in [0.29, 0.717) is 19.3 Å². The lowest BCUT2D eigenvalue weighted by molar-refractivity contribution is -0.161. The highest BCUT2D eigenvalue weighted by atomic mass is 31.2. The molecule has 0 fully saturated rings. The van der Waals surface area contributed by atoms with Gasteiger partial charge in [-0.1, -0.05) is 170 Å². The number of phosphoric acid groups is 1. The minimum atomic E-state index is -4.76. The summed E-state index contributed by atoms with van der Waals surface area (Å²) in [5.74, 6) is -1.55. The molecule has 0 radical (unpaired) electrons. The normalized spacial score (nSPS) is 14.1. The van der Waals surface area contributed by atoms with Crippen LogP contribution in [-0.2, 0) is 42.2 Å². The van der Waals surface area contributed by atoms with Gasteiger partial charge in [-0.3, -0.25) is 23.4 Å². The van der Waals surface area contributed by atoms with Gasteiger partial charge in [0.15, 0.2) is 6.10 Å². The summed E-state index contributed by atoms with van der Waals surface area (Å²) in [5.41, 5.74) is 0. The lowest BCUT2D eigenvalue weighted by Crippen LogP contribution is -2.30. The zero-order valence-corrected chi connectivity index (χ0v) is 43.7. The van der Waals surface area contributed by atoms with Gasteiger partial charge in [-0.15, -0.1) is 0 Å². The van der Waals surface area contributed by atoms with Gasteiger partial charge in [0.1, 0.15) is 12.7 Å². The molecule has 68 heavy (non-hydrogen) atoms. The summed E-state index contributed by atoms with van der Waals surface area (Å²) < 4.78 is 39.3. The van der Waals surface area contributed by atoms with E-state index in [0.717, 1.165) is 128 Å². The van der Waals surface area contributed by atoms with Crippen molar-refractivity contribution >= 4 is 25.7 Å². The van der Waals surface area contributed by atoms with Crippen LogP contribution in [0, 0.1) is 0 Å². The van der Waals surface area contributed by atoms with E-state index in [1.54, 1.807) is 0 Å². The summed E-state index contributed by atoms with van der Waals surface area (Å²) in [7, 11) is -4.76. The fourth-order valence-electron chi connectivity index (χ4n) is 6.73. The number of allylic oxidation sites excluding steroid dienone is 14. The molecule has 0 aliphatic carbocycles. The third kappa shape index (κ3) is 47.7. The van der Waals surface area contributed by atoms with Crippen molar-refractivity contribution < 1.29 is 52.2 Å². The number of carbonyl (C=O) groups excluding carboxylic acids is 3. The molecule has 0 aliphatic heterocycles. The molecule has 0 aromatic carbocycles. The monoisotopic (exact) mass is 975 g/mol. The lowest BCUT2D eigenvalue weighted by Gasteiger charge is -2.21. The number of aliphatic hydroxyl groups excluding tert-OH is 1. The van der Waals surface area contributed by atoms with Crippen LogP contribution in [0.15, 0.2) is 85.1 Å². The van der Waals surface area contributed by atoms with E-state index in [2.05, 4.69) is 106 Å². The molecule has 0 aromatic rings. The molecule has 0 saturated carbocycles. The van der Waals surface area contributed by atoms with E-state index in [1.165, 1.54) is 25.7 Å². The number of hydrogen-bond donors (Lipinski definition) is 2. The number of unbranched alkanes of at least 4 members (excludes halogenated alkanes) is 17. The first-order valence-electron chi connectivity index (χ1n) is 26.5. The van der Waals surface area contributed by atoms with Gasteiger partial charge in [0, 0.05) is 19.3 Å². The van der Waals surface area contributed by atoms with E-state index in [4.69, 9.17) is 23.3 Å². The predicted octanol–water partition coefficient (Wildman–Crippen LogP) is 15.1. The average molecular weight is 975 g/mol. The van der Waals surface area contributed by atoms with Gasteiger partial charge >= 0.3 is 25.7 Å². The third-order valence-electron chi connectivity index (χ3n) is 10.8. The van der Waals surface area contributed by atoms with Gasteiger partial charge in [-0.05, 0) is 109 Å². The SMILES string of the molecule is CC/C=C\C/C=C\C/C=C\C/C=C\CCCCC(=O)OCC(COP(=O)(O)OCC(CO)OC(=O)CCCCCCC/C=C\CCCCCC)OC(=O)CCCCCCC/C=C\C/C=C\CCC. The van der Waals surface area contributed by atoms with Crippen LogP contribution in [-0.4, -0.2) is 66.5 Å². The number of hydrogen-bond acceptors (Lipinski definition) is 10. The zero-order chi connectivity index (χ0) is 49.9. The first-order valence-corrected chi connectivity index (χ1v) is 28.0. The molecular formula is C56H95O11P. The zero-order valence-electron chi connectivity index (χ0n) is 42.8. The van der Waals surface area contributed by atoms with Gasteiger partial charge in [0.25, 0.3) is 0 Å². The molecule has 3 atom stereocenters. The first kappa shape index (κ1) is 64.7. The fraction of sp³-hybridized carbons (Fsp3) is 0.696. The van der Waals surface area contributed by atoms with Crippen molar-refractivity contribution in [3.8, 4) is 0 Å². The summed E-state index contributed by atoms with van der Waals surface area (Å²) in [6.07, 6.45) is 55.5. The maximum absolute atomic E-state index is 12.8. The Balaban J connectivity index is 4.82. The van der Waals surface area contributed by atoms with Gasteiger partial charge in [-0.25, -0.2) is 4.57 Å². The topological polar surface area (TPSA) is 155 Å². The highest BCUT2D eigenvalue weighted by molar-refractivity contribution is 7.47. The Bertz CT molecular complexity index is 1460. The molecular weight excluding hydrogens is 880 g/mol. The van der Waals surface area contributed by atoms with Gasteiger partial charge < -0.3 is 24.2 Å². The van der Waals surface area contributed by atoms with E-state index < -0.39 is 57.8 Å². The summed E-state index contributed by atoms with van der Waals surface area (Å²) in [5, 5.41) is 9.78. The lowest BCUT2D eigenvalue weighted by atomic mass is 10.1. The second-order valence-electron chi connectivity index (χ2n) is 17.3. The molecule has 0 rings (SSSR count). The number of aliphatic hydroxyl groups is 1. The highest BCUT2D eigenvalue weighted by Gasteiger charge is 2.28. The molecule has 11 nitrogen and oxygen atoms in total. The van der Waals surface area contributed by atoms with E-state index in [9.17, 15) is 28.9 Å². The number of esters is 3. The predicted molar refractivity (Wildman–Crippen MR) is 279 cm³/mol. The third-order valence-corrected chi connectivity index (χ3v) is 11.7. The van der Waals surface area contributed by atoms with Crippen molar-refractivity contribution in [2.24, 2.45) is 0 Å². The van der Waals surface area contributed by atoms with Crippen molar-refractivity contribution in [1.82, 2.24) is 0 Å². The quantitative estimate of drug-likeness (QED) is 0.0197. The van der Waals surface area contributed by atoms with Crippen LogP contribution in [0.2, 0.25) is 0 Å². The maximum atomic E-state index is 12.8. The van der Waals surface area contributed by atoms with Crippen molar-refractivity contribution in [2.75, 3.05) is 26.4 Å². The molecule has 0 aromatic heterocycles. The van der Waals surface area contributed by atoms with Crippen LogP contribution >= 0.6 is 7.82 Å². The fourth-order valence-corrected chi connectivity index (χ4v) is 7.51. The number of rotatable bonds is 48. The van der Waals surface area contributed by atoms with E-state index in [1.807, 2.05) is 0 Å². The molecule has 0 heterocycles. The van der Waals surface area contributed by atoms with Crippen LogP contribution < -0.4 is 0 Å². The van der Waals surface area contributed by atoms with Crippen molar-refractivity contribution in [2.45, 2.75) is 226 Å². The molecule has 12 heteroatoms. The summed E-state index contributed by atoms with van der Waals surface area (Å²) in [6.45, 7) is 4.35. The van der Waals surface area contributed by atoms with E-state index in [-0.39, 0.29) is 25.9 Å². The number of phosphoric ester groups is 1. The van der Waals surface area contributed by atoms with Crippen molar-refractivity contribution in [1.29, 1.82) is 0 Å². The largest absolute Gasteiger partial charge is 0.472 e. The van der Waals surface area contributed by atoms with Gasteiger partial charge in [-0.2, -0.15) is 0 Å². The molecule has 0 spiro atoms. The summed E-state index contributed by atoms with van der Waals surface area (Å²) >= 11 is 0. The highest BCUT2D eigenvalue weighted by Crippen LogP contribution is 2.43. The molecule has 3 unspecified atom stereocenters. The minimum Gasteiger partial charge on any atom is -0.462 e.